The predicted molar refractivity (Wildman–Crippen MR) is 84.2 cm³/mol. The molecule has 1 atom stereocenters. The van der Waals surface area contributed by atoms with Gasteiger partial charge in [0.25, 0.3) is 0 Å². The first kappa shape index (κ1) is 15.1. The van der Waals surface area contributed by atoms with Gasteiger partial charge in [-0.1, -0.05) is 42.8 Å². The lowest BCUT2D eigenvalue weighted by Crippen LogP contribution is -2.27. The van der Waals surface area contributed by atoms with E-state index in [9.17, 15) is 0 Å². The molecule has 1 unspecified atom stereocenters. The number of aryl methyl sites for hydroxylation is 3. The van der Waals surface area contributed by atoms with Gasteiger partial charge in [0.1, 0.15) is 0 Å². The summed E-state index contributed by atoms with van der Waals surface area (Å²) >= 11 is 6.37. The predicted octanol–water partition coefficient (Wildman–Crippen LogP) is 3.06. The molecule has 1 heterocycles. The molecule has 0 aliphatic carbocycles. The maximum Gasteiger partial charge on any atom is 0.0850 e. The number of hydrogen-bond donors (Lipinski definition) is 1. The van der Waals surface area contributed by atoms with Crippen molar-refractivity contribution in [2.24, 2.45) is 12.8 Å². The van der Waals surface area contributed by atoms with Gasteiger partial charge in [-0.15, -0.1) is 0 Å². The quantitative estimate of drug-likeness (QED) is 0.920. The molecule has 0 amide bonds. The molecule has 2 aromatic rings. The van der Waals surface area contributed by atoms with Crippen LogP contribution in [0.4, 0.5) is 0 Å². The summed E-state index contributed by atoms with van der Waals surface area (Å²) in [5, 5.41) is 5.21. The van der Waals surface area contributed by atoms with Gasteiger partial charge >= 0.3 is 0 Å². The molecule has 0 spiro atoms. The van der Waals surface area contributed by atoms with E-state index in [4.69, 9.17) is 17.3 Å². The van der Waals surface area contributed by atoms with E-state index in [1.54, 1.807) is 0 Å². The van der Waals surface area contributed by atoms with Crippen molar-refractivity contribution in [2.45, 2.75) is 39.2 Å². The number of halogens is 1. The molecule has 108 valence electrons. The fourth-order valence-corrected chi connectivity index (χ4v) is 2.85. The second kappa shape index (κ2) is 6.42. The number of nitrogens with two attached hydrogens (primary N) is 1. The summed E-state index contributed by atoms with van der Waals surface area (Å²) < 4.78 is 1.86. The fourth-order valence-electron chi connectivity index (χ4n) is 2.48. The van der Waals surface area contributed by atoms with E-state index in [1.807, 2.05) is 11.7 Å². The topological polar surface area (TPSA) is 43.8 Å². The Morgan fingerprint density at radius 1 is 1.30 bits per heavy atom. The summed E-state index contributed by atoms with van der Waals surface area (Å²) in [6.45, 7) is 4.18. The highest BCUT2D eigenvalue weighted by atomic mass is 35.5. The van der Waals surface area contributed by atoms with Crippen molar-refractivity contribution in [1.82, 2.24) is 9.78 Å². The van der Waals surface area contributed by atoms with Crippen molar-refractivity contribution in [1.29, 1.82) is 0 Å². The molecule has 2 N–H and O–H groups in total. The molecule has 0 aliphatic rings. The number of aromatic nitrogens is 2. The summed E-state index contributed by atoms with van der Waals surface area (Å²) in [4.78, 5) is 0. The van der Waals surface area contributed by atoms with Gasteiger partial charge in [0.05, 0.1) is 16.4 Å². The molecular weight excluding hydrogens is 270 g/mol. The third-order valence-electron chi connectivity index (χ3n) is 3.70. The maximum absolute atomic E-state index is 6.37. The van der Waals surface area contributed by atoms with Gasteiger partial charge in [-0.2, -0.15) is 5.10 Å². The Kier molecular flexibility index (Phi) is 4.84. The first-order valence-corrected chi connectivity index (χ1v) is 7.41. The minimum Gasteiger partial charge on any atom is -0.327 e. The Hall–Kier alpha value is -1.32. The normalized spacial score (nSPS) is 12.7. The highest BCUT2D eigenvalue weighted by molar-refractivity contribution is 6.31. The zero-order chi connectivity index (χ0) is 14.7. The van der Waals surface area contributed by atoms with Crippen LogP contribution < -0.4 is 5.73 Å². The molecule has 0 fully saturated rings. The van der Waals surface area contributed by atoms with E-state index in [2.05, 4.69) is 43.2 Å². The van der Waals surface area contributed by atoms with E-state index >= 15 is 0 Å². The number of benzene rings is 1. The Labute approximate surface area is 125 Å². The Morgan fingerprint density at radius 2 is 2.00 bits per heavy atom. The van der Waals surface area contributed by atoms with Gasteiger partial charge in [0.15, 0.2) is 0 Å². The molecular formula is C16H22ClN3. The number of nitrogens with zero attached hydrogens (tertiary/aromatic N) is 2. The first-order valence-electron chi connectivity index (χ1n) is 7.03. The standard InChI is InChI=1S/C16H22ClN3/c1-4-14-16(17)15(20(3)19-14)10-13(18)9-12-8-6-5-7-11(12)2/h5-8,13H,4,9-10,18H2,1-3H3. The van der Waals surface area contributed by atoms with Crippen molar-refractivity contribution in [3.63, 3.8) is 0 Å². The number of rotatable bonds is 5. The Morgan fingerprint density at radius 3 is 2.60 bits per heavy atom. The largest absolute Gasteiger partial charge is 0.327 e. The van der Waals surface area contributed by atoms with Crippen LogP contribution in [0.15, 0.2) is 24.3 Å². The molecule has 0 saturated carbocycles. The van der Waals surface area contributed by atoms with Gasteiger partial charge in [-0.05, 0) is 30.9 Å². The lowest BCUT2D eigenvalue weighted by molar-refractivity contribution is 0.610. The lowest BCUT2D eigenvalue weighted by Gasteiger charge is -2.14. The molecule has 20 heavy (non-hydrogen) atoms. The van der Waals surface area contributed by atoms with Crippen LogP contribution in [-0.2, 0) is 26.3 Å². The van der Waals surface area contributed by atoms with E-state index in [-0.39, 0.29) is 6.04 Å². The van der Waals surface area contributed by atoms with Crippen LogP contribution in [0.3, 0.4) is 0 Å². The first-order chi connectivity index (χ1) is 9.52. The number of hydrogen-bond acceptors (Lipinski definition) is 2. The van der Waals surface area contributed by atoms with Crippen LogP contribution in [0.25, 0.3) is 0 Å². The van der Waals surface area contributed by atoms with Gasteiger partial charge in [0, 0.05) is 19.5 Å². The van der Waals surface area contributed by atoms with Gasteiger partial charge < -0.3 is 5.73 Å². The van der Waals surface area contributed by atoms with E-state index in [0.717, 1.165) is 35.7 Å². The van der Waals surface area contributed by atoms with Crippen molar-refractivity contribution in [3.8, 4) is 0 Å². The molecule has 0 radical (unpaired) electrons. The van der Waals surface area contributed by atoms with Crippen LogP contribution in [-0.4, -0.2) is 15.8 Å². The van der Waals surface area contributed by atoms with Crippen molar-refractivity contribution in [3.05, 3.63) is 51.8 Å². The Bertz CT molecular complexity index is 589. The van der Waals surface area contributed by atoms with Crippen LogP contribution >= 0.6 is 11.6 Å². The summed E-state index contributed by atoms with van der Waals surface area (Å²) in [5.74, 6) is 0. The van der Waals surface area contributed by atoms with Crippen LogP contribution in [0.5, 0.6) is 0 Å². The van der Waals surface area contributed by atoms with Crippen LogP contribution in [0.1, 0.15) is 29.4 Å². The molecule has 3 nitrogen and oxygen atoms in total. The second-order valence-electron chi connectivity index (χ2n) is 5.28. The van der Waals surface area contributed by atoms with Crippen LogP contribution in [0, 0.1) is 6.92 Å². The fraction of sp³-hybridized carbons (Fsp3) is 0.438. The van der Waals surface area contributed by atoms with Gasteiger partial charge in [-0.3, -0.25) is 4.68 Å². The van der Waals surface area contributed by atoms with Crippen molar-refractivity contribution >= 4 is 11.6 Å². The van der Waals surface area contributed by atoms with E-state index < -0.39 is 0 Å². The summed E-state index contributed by atoms with van der Waals surface area (Å²) in [6, 6.07) is 8.41. The molecule has 0 aliphatic heterocycles. The minimum atomic E-state index is 0.0497. The van der Waals surface area contributed by atoms with Gasteiger partial charge in [0.2, 0.25) is 0 Å². The summed E-state index contributed by atoms with van der Waals surface area (Å²) in [5.41, 5.74) is 10.9. The smallest absolute Gasteiger partial charge is 0.0850 e. The van der Waals surface area contributed by atoms with Crippen molar-refractivity contribution in [2.75, 3.05) is 0 Å². The molecule has 0 bridgehead atoms. The van der Waals surface area contributed by atoms with Gasteiger partial charge in [-0.25, -0.2) is 0 Å². The zero-order valence-corrected chi connectivity index (χ0v) is 13.1. The molecule has 4 heteroatoms. The third-order valence-corrected chi connectivity index (χ3v) is 4.14. The molecule has 1 aromatic carbocycles. The monoisotopic (exact) mass is 291 g/mol. The Balaban J connectivity index is 2.11. The third kappa shape index (κ3) is 3.22. The van der Waals surface area contributed by atoms with Crippen molar-refractivity contribution < 1.29 is 0 Å². The summed E-state index contributed by atoms with van der Waals surface area (Å²) in [6.07, 6.45) is 2.45. The summed E-state index contributed by atoms with van der Waals surface area (Å²) in [7, 11) is 1.93. The molecule has 1 aromatic heterocycles. The van der Waals surface area contributed by atoms with Crippen LogP contribution in [0.2, 0.25) is 5.02 Å². The molecule has 2 rings (SSSR count). The second-order valence-corrected chi connectivity index (χ2v) is 5.66. The lowest BCUT2D eigenvalue weighted by atomic mass is 9.99. The average molecular weight is 292 g/mol. The highest BCUT2D eigenvalue weighted by Crippen LogP contribution is 2.22. The molecule has 0 saturated heterocycles. The average Bonchev–Trinajstić information content (AvgIpc) is 2.69. The minimum absolute atomic E-state index is 0.0497. The van der Waals surface area contributed by atoms with E-state index in [1.165, 1.54) is 11.1 Å². The van der Waals surface area contributed by atoms with E-state index in [0.29, 0.717) is 0 Å². The zero-order valence-electron chi connectivity index (χ0n) is 12.4. The highest BCUT2D eigenvalue weighted by Gasteiger charge is 2.16. The SMILES string of the molecule is CCc1nn(C)c(CC(N)Cc2ccccc2C)c1Cl. The maximum atomic E-state index is 6.37.